The van der Waals surface area contributed by atoms with Gasteiger partial charge in [0.2, 0.25) is 11.9 Å². The van der Waals surface area contributed by atoms with Gasteiger partial charge in [-0.25, -0.2) is 23.1 Å². The zero-order valence-corrected chi connectivity index (χ0v) is 19.6. The first-order valence-electron chi connectivity index (χ1n) is 9.60. The van der Waals surface area contributed by atoms with Crippen LogP contribution in [0.3, 0.4) is 0 Å². The first-order valence-corrected chi connectivity index (χ1v) is 11.9. The molecule has 0 aliphatic rings. The number of hydrogen-bond acceptors (Lipinski definition) is 6. The third-order valence-electron chi connectivity index (χ3n) is 4.62. The number of anilines is 2. The zero-order valence-electron chi connectivity index (χ0n) is 17.2. The highest BCUT2D eigenvalue weighted by molar-refractivity contribution is 9.10. The Balaban J connectivity index is 1.44. The number of halogens is 1. The fourth-order valence-electron chi connectivity index (χ4n) is 3.24. The van der Waals surface area contributed by atoms with Crippen LogP contribution in [0.4, 0.5) is 11.6 Å². The van der Waals surface area contributed by atoms with Crippen molar-refractivity contribution in [2.24, 2.45) is 0 Å². The van der Waals surface area contributed by atoms with E-state index in [0.717, 1.165) is 15.4 Å². The molecule has 0 radical (unpaired) electrons. The molecule has 0 unspecified atom stereocenters. The molecule has 2 heterocycles. The number of nitrogens with zero attached hydrogens (tertiary/aromatic N) is 2. The molecule has 1 amide bonds. The van der Waals surface area contributed by atoms with Crippen molar-refractivity contribution in [3.63, 3.8) is 0 Å². The second kappa shape index (κ2) is 8.71. The Kier molecular flexibility index (Phi) is 5.98. The highest BCUT2D eigenvalue weighted by Crippen LogP contribution is 2.25. The predicted octanol–water partition coefficient (Wildman–Crippen LogP) is 4.58. The van der Waals surface area contributed by atoms with Crippen molar-refractivity contribution in [2.75, 3.05) is 10.0 Å². The Bertz CT molecular complexity index is 1400. The molecule has 0 aliphatic heterocycles. The summed E-state index contributed by atoms with van der Waals surface area (Å²) in [6, 6.07) is 13.2. The minimum atomic E-state index is -3.87. The van der Waals surface area contributed by atoms with E-state index in [1.165, 1.54) is 24.3 Å². The molecule has 4 rings (SSSR count). The van der Waals surface area contributed by atoms with Gasteiger partial charge in [-0.15, -0.1) is 0 Å². The molecule has 0 fully saturated rings. The van der Waals surface area contributed by atoms with Crippen molar-refractivity contribution in [1.29, 1.82) is 0 Å². The summed E-state index contributed by atoms with van der Waals surface area (Å²) in [7, 11) is -3.87. The van der Waals surface area contributed by atoms with Gasteiger partial charge in [-0.2, -0.15) is 0 Å². The molecule has 0 aliphatic carbocycles. The molecule has 32 heavy (non-hydrogen) atoms. The summed E-state index contributed by atoms with van der Waals surface area (Å²) in [5.41, 5.74) is 3.25. The van der Waals surface area contributed by atoms with Crippen LogP contribution in [-0.2, 0) is 21.2 Å². The van der Waals surface area contributed by atoms with Gasteiger partial charge < -0.3 is 9.73 Å². The molecule has 2 aromatic carbocycles. The summed E-state index contributed by atoms with van der Waals surface area (Å²) in [6.07, 6.45) is 1.68. The fourth-order valence-corrected chi connectivity index (χ4v) is 4.54. The Morgan fingerprint density at radius 1 is 1.03 bits per heavy atom. The molecule has 0 saturated heterocycles. The van der Waals surface area contributed by atoms with Crippen molar-refractivity contribution < 1.29 is 17.6 Å². The molecular formula is C22H19BrN4O4S. The minimum absolute atomic E-state index is 0.0128. The number of aromatic nitrogens is 2. The van der Waals surface area contributed by atoms with E-state index >= 15 is 0 Å². The average molecular weight is 515 g/mol. The molecule has 10 heteroatoms. The van der Waals surface area contributed by atoms with Crippen LogP contribution in [0.2, 0.25) is 0 Å². The van der Waals surface area contributed by atoms with Crippen molar-refractivity contribution in [3.8, 4) is 0 Å². The molecule has 4 aromatic rings. The van der Waals surface area contributed by atoms with Crippen molar-refractivity contribution in [1.82, 2.24) is 9.97 Å². The number of amides is 1. The smallest absolute Gasteiger partial charge is 0.264 e. The topological polar surface area (TPSA) is 114 Å². The van der Waals surface area contributed by atoms with Gasteiger partial charge in [-0.05, 0) is 62.4 Å². The maximum absolute atomic E-state index is 12.6. The van der Waals surface area contributed by atoms with Gasteiger partial charge in [0.15, 0.2) is 0 Å². The van der Waals surface area contributed by atoms with E-state index in [1.54, 1.807) is 26.2 Å². The number of rotatable bonds is 6. The summed E-state index contributed by atoms with van der Waals surface area (Å²) in [5, 5.41) is 3.63. The van der Waals surface area contributed by atoms with Crippen LogP contribution < -0.4 is 10.0 Å². The van der Waals surface area contributed by atoms with E-state index < -0.39 is 10.0 Å². The molecule has 0 atom stereocenters. The number of benzene rings is 2. The second-order valence-corrected chi connectivity index (χ2v) is 9.83. The highest BCUT2D eigenvalue weighted by atomic mass is 79.9. The van der Waals surface area contributed by atoms with Crippen LogP contribution in [-0.4, -0.2) is 24.3 Å². The van der Waals surface area contributed by atoms with E-state index in [9.17, 15) is 13.2 Å². The van der Waals surface area contributed by atoms with Crippen LogP contribution >= 0.6 is 15.9 Å². The summed E-state index contributed by atoms with van der Waals surface area (Å²) < 4.78 is 34.0. The average Bonchev–Trinajstić information content (AvgIpc) is 3.09. The van der Waals surface area contributed by atoms with E-state index in [2.05, 4.69) is 35.9 Å². The third kappa shape index (κ3) is 4.97. The molecule has 0 saturated carbocycles. The molecule has 2 N–H and O–H groups in total. The predicted molar refractivity (Wildman–Crippen MR) is 125 cm³/mol. The Morgan fingerprint density at radius 3 is 2.41 bits per heavy atom. The largest absolute Gasteiger partial charge is 0.464 e. The number of carbonyl (C=O) groups is 1. The van der Waals surface area contributed by atoms with E-state index in [-0.39, 0.29) is 23.2 Å². The summed E-state index contributed by atoms with van der Waals surface area (Å²) in [5.74, 6) is -0.233. The summed E-state index contributed by atoms with van der Waals surface area (Å²) >= 11 is 3.42. The van der Waals surface area contributed by atoms with Gasteiger partial charge in [-0.3, -0.25) is 4.79 Å². The first kappa shape index (κ1) is 22.0. The van der Waals surface area contributed by atoms with Crippen LogP contribution in [0.15, 0.2) is 68.6 Å². The van der Waals surface area contributed by atoms with Crippen molar-refractivity contribution in [3.05, 3.63) is 76.2 Å². The number of aryl methyl sites for hydroxylation is 2. The first-order chi connectivity index (χ1) is 15.2. The van der Waals surface area contributed by atoms with Gasteiger partial charge in [0.05, 0.1) is 17.6 Å². The molecule has 164 valence electrons. The summed E-state index contributed by atoms with van der Waals surface area (Å²) in [6.45, 7) is 3.52. The number of carbonyl (C=O) groups excluding carboxylic acids is 1. The number of fused-ring (bicyclic) bond motifs is 1. The Morgan fingerprint density at radius 2 is 1.72 bits per heavy atom. The molecule has 0 bridgehead atoms. The quantitative estimate of drug-likeness (QED) is 0.389. The maximum Gasteiger partial charge on any atom is 0.264 e. The lowest BCUT2D eigenvalue weighted by Crippen LogP contribution is -2.16. The number of sulfonamides is 1. The van der Waals surface area contributed by atoms with Crippen LogP contribution in [0, 0.1) is 13.8 Å². The lowest BCUT2D eigenvalue weighted by atomic mass is 10.1. The van der Waals surface area contributed by atoms with Crippen LogP contribution in [0.1, 0.15) is 17.0 Å². The third-order valence-corrected chi connectivity index (χ3v) is 6.46. The molecule has 0 spiro atoms. The van der Waals surface area contributed by atoms with E-state index in [1.807, 2.05) is 18.2 Å². The molecule has 2 aromatic heterocycles. The van der Waals surface area contributed by atoms with Crippen molar-refractivity contribution >= 4 is 54.5 Å². The van der Waals surface area contributed by atoms with Gasteiger partial charge in [0, 0.05) is 32.5 Å². The Labute approximate surface area is 193 Å². The van der Waals surface area contributed by atoms with Gasteiger partial charge >= 0.3 is 0 Å². The maximum atomic E-state index is 12.6. The number of furan rings is 1. The summed E-state index contributed by atoms with van der Waals surface area (Å²) in [4.78, 5) is 20.7. The van der Waals surface area contributed by atoms with E-state index in [0.29, 0.717) is 22.7 Å². The lowest BCUT2D eigenvalue weighted by Gasteiger charge is -2.09. The number of hydrogen-bond donors (Lipinski definition) is 2. The standard InChI is InChI=1S/C22H19BrN4O4S/c1-13-9-14(2)25-22(24-13)27-32(29,30)18-6-4-17(5-7-18)26-21(28)10-15-12-31-20-8-3-16(23)11-19(15)20/h3-9,11-12H,10H2,1-2H3,(H,26,28)(H,24,25,27). The SMILES string of the molecule is Cc1cc(C)nc(NS(=O)(=O)c2ccc(NC(=O)Cc3coc4ccc(Br)cc34)cc2)n1. The van der Waals surface area contributed by atoms with Gasteiger partial charge in [0.1, 0.15) is 5.58 Å². The molecule has 8 nitrogen and oxygen atoms in total. The zero-order chi connectivity index (χ0) is 22.9. The number of nitrogens with one attached hydrogen (secondary N) is 2. The lowest BCUT2D eigenvalue weighted by molar-refractivity contribution is -0.115. The van der Waals surface area contributed by atoms with E-state index in [4.69, 9.17) is 4.42 Å². The highest BCUT2D eigenvalue weighted by Gasteiger charge is 2.17. The van der Waals surface area contributed by atoms with Crippen LogP contribution in [0.25, 0.3) is 11.0 Å². The fraction of sp³-hybridized carbons (Fsp3) is 0.136. The second-order valence-electron chi connectivity index (χ2n) is 7.23. The molecular weight excluding hydrogens is 496 g/mol. The minimum Gasteiger partial charge on any atom is -0.464 e. The van der Waals surface area contributed by atoms with Crippen molar-refractivity contribution in [2.45, 2.75) is 25.2 Å². The Hall–Kier alpha value is -3.24. The normalized spacial score (nSPS) is 11.5. The van der Waals surface area contributed by atoms with Gasteiger partial charge in [-0.1, -0.05) is 15.9 Å². The van der Waals surface area contributed by atoms with Gasteiger partial charge in [0.25, 0.3) is 10.0 Å². The van der Waals surface area contributed by atoms with Crippen LogP contribution in [0.5, 0.6) is 0 Å². The monoisotopic (exact) mass is 514 g/mol.